The maximum Gasteiger partial charge on any atom is 0.319 e. The van der Waals surface area contributed by atoms with E-state index in [1.54, 1.807) is 0 Å². The molecule has 0 bridgehead atoms. The molecule has 8 heteroatoms. The Morgan fingerprint density at radius 3 is 2.73 bits per heavy atom. The van der Waals surface area contributed by atoms with Crippen molar-refractivity contribution in [1.29, 1.82) is 0 Å². The zero-order valence-corrected chi connectivity index (χ0v) is 16.2. The van der Waals surface area contributed by atoms with Crippen LogP contribution in [0.15, 0.2) is 29.4 Å². The van der Waals surface area contributed by atoms with Gasteiger partial charge in [-0.3, -0.25) is 9.36 Å². The van der Waals surface area contributed by atoms with Crippen molar-refractivity contribution < 1.29 is 14.3 Å². The summed E-state index contributed by atoms with van der Waals surface area (Å²) in [5.41, 5.74) is 2.13. The second kappa shape index (κ2) is 8.55. The van der Waals surface area contributed by atoms with Crippen molar-refractivity contribution in [3.8, 4) is 5.69 Å². The Balaban J connectivity index is 1.98. The van der Waals surface area contributed by atoms with Gasteiger partial charge in [0.05, 0.1) is 25.5 Å². The molecular formula is C18H24N4O3S. The molecule has 0 N–H and O–H groups in total. The number of ether oxygens (including phenoxy) is 2. The third-order valence-corrected chi connectivity index (χ3v) is 5.19. The highest BCUT2D eigenvalue weighted by atomic mass is 32.2. The number of esters is 1. The maximum atomic E-state index is 12.0. The fraction of sp³-hybridized carbons (Fsp3) is 0.500. The predicted molar refractivity (Wildman–Crippen MR) is 101 cm³/mol. The van der Waals surface area contributed by atoms with Crippen molar-refractivity contribution in [1.82, 2.24) is 14.8 Å². The fourth-order valence-corrected chi connectivity index (χ4v) is 3.65. The smallest absolute Gasteiger partial charge is 0.319 e. The molecule has 1 aliphatic rings. The molecule has 1 unspecified atom stereocenters. The molecule has 0 amide bonds. The number of carbonyl (C=O) groups is 1. The summed E-state index contributed by atoms with van der Waals surface area (Å²) in [6.07, 6.45) is 0. The molecule has 26 heavy (non-hydrogen) atoms. The number of carbonyl (C=O) groups excluding carboxylic acids is 1. The average molecular weight is 376 g/mol. The van der Waals surface area contributed by atoms with Crippen molar-refractivity contribution in [3.63, 3.8) is 0 Å². The van der Waals surface area contributed by atoms with Crippen LogP contribution in [-0.4, -0.2) is 58.9 Å². The van der Waals surface area contributed by atoms with Gasteiger partial charge >= 0.3 is 5.97 Å². The van der Waals surface area contributed by atoms with Crippen LogP contribution in [0, 0.1) is 6.92 Å². The van der Waals surface area contributed by atoms with Crippen LogP contribution in [0.4, 0.5) is 5.95 Å². The quantitative estimate of drug-likeness (QED) is 0.566. The minimum absolute atomic E-state index is 0.246. The van der Waals surface area contributed by atoms with Crippen LogP contribution >= 0.6 is 11.8 Å². The topological polar surface area (TPSA) is 69.5 Å². The number of anilines is 1. The van der Waals surface area contributed by atoms with Crippen LogP contribution in [0.2, 0.25) is 0 Å². The number of hydrogen-bond donors (Lipinski definition) is 0. The zero-order valence-electron chi connectivity index (χ0n) is 15.3. The number of morpholine rings is 1. The van der Waals surface area contributed by atoms with Crippen LogP contribution in [0.1, 0.15) is 19.4 Å². The lowest BCUT2D eigenvalue weighted by atomic mass is 10.2. The van der Waals surface area contributed by atoms with Crippen molar-refractivity contribution in [2.75, 3.05) is 37.8 Å². The molecule has 2 heterocycles. The molecule has 1 atom stereocenters. The SMILES string of the molecule is CCOC(=O)C(C)Sc1nnc(N2CCOCC2)n1-c1ccccc1C. The standard InChI is InChI=1S/C18H24N4O3S/c1-4-25-16(23)14(3)26-18-20-19-17(21-9-11-24-12-10-21)22(18)15-8-6-5-7-13(15)2/h5-8,14H,4,9-12H2,1-3H3. The monoisotopic (exact) mass is 376 g/mol. The summed E-state index contributed by atoms with van der Waals surface area (Å²) >= 11 is 1.36. The van der Waals surface area contributed by atoms with E-state index in [0.29, 0.717) is 25.0 Å². The van der Waals surface area contributed by atoms with E-state index in [9.17, 15) is 4.79 Å². The Hall–Kier alpha value is -2.06. The molecule has 1 fully saturated rings. The molecule has 0 aliphatic carbocycles. The van der Waals surface area contributed by atoms with E-state index in [-0.39, 0.29) is 11.2 Å². The van der Waals surface area contributed by atoms with Gasteiger partial charge in [0.15, 0.2) is 5.16 Å². The Kier molecular flexibility index (Phi) is 6.16. The molecule has 1 aromatic heterocycles. The lowest BCUT2D eigenvalue weighted by Gasteiger charge is -2.28. The number of hydrogen-bond acceptors (Lipinski definition) is 7. The second-order valence-corrected chi connectivity index (χ2v) is 7.32. The van der Waals surface area contributed by atoms with Gasteiger partial charge in [0.1, 0.15) is 5.25 Å². The summed E-state index contributed by atoms with van der Waals surface area (Å²) in [4.78, 5) is 14.2. The van der Waals surface area contributed by atoms with Gasteiger partial charge in [-0.2, -0.15) is 0 Å². The maximum absolute atomic E-state index is 12.0. The first-order valence-electron chi connectivity index (χ1n) is 8.79. The number of nitrogens with zero attached hydrogens (tertiary/aromatic N) is 4. The summed E-state index contributed by atoms with van der Waals surface area (Å²) < 4.78 is 12.6. The Morgan fingerprint density at radius 2 is 2.04 bits per heavy atom. The zero-order chi connectivity index (χ0) is 18.5. The average Bonchev–Trinajstić information content (AvgIpc) is 3.06. The third-order valence-electron chi connectivity index (χ3n) is 4.17. The molecule has 0 spiro atoms. The van der Waals surface area contributed by atoms with Gasteiger partial charge in [0, 0.05) is 13.1 Å². The van der Waals surface area contributed by atoms with Crippen LogP contribution in [0.3, 0.4) is 0 Å². The number of aryl methyl sites for hydroxylation is 1. The number of aromatic nitrogens is 3. The molecule has 3 rings (SSSR count). The Morgan fingerprint density at radius 1 is 1.31 bits per heavy atom. The molecular weight excluding hydrogens is 352 g/mol. The number of thioether (sulfide) groups is 1. The second-order valence-electron chi connectivity index (χ2n) is 6.02. The first-order valence-corrected chi connectivity index (χ1v) is 9.67. The summed E-state index contributed by atoms with van der Waals surface area (Å²) in [6, 6.07) is 8.10. The summed E-state index contributed by atoms with van der Waals surface area (Å²) in [5.74, 6) is 0.533. The lowest BCUT2D eigenvalue weighted by Crippen LogP contribution is -2.38. The van der Waals surface area contributed by atoms with E-state index >= 15 is 0 Å². The molecule has 2 aromatic rings. The number of rotatable bonds is 6. The lowest BCUT2D eigenvalue weighted by molar-refractivity contribution is -0.142. The highest BCUT2D eigenvalue weighted by Crippen LogP contribution is 2.31. The van der Waals surface area contributed by atoms with Crippen LogP contribution in [-0.2, 0) is 14.3 Å². The van der Waals surface area contributed by atoms with E-state index in [4.69, 9.17) is 9.47 Å². The fourth-order valence-electron chi connectivity index (χ4n) is 2.80. The first-order chi connectivity index (χ1) is 12.6. The van der Waals surface area contributed by atoms with Crippen molar-refractivity contribution in [2.45, 2.75) is 31.2 Å². The van der Waals surface area contributed by atoms with Gasteiger partial charge in [-0.05, 0) is 32.4 Å². The highest BCUT2D eigenvalue weighted by Gasteiger charge is 2.25. The highest BCUT2D eigenvalue weighted by molar-refractivity contribution is 8.00. The normalized spacial score (nSPS) is 15.7. The molecule has 0 saturated carbocycles. The Bertz CT molecular complexity index is 759. The van der Waals surface area contributed by atoms with Crippen molar-refractivity contribution in [2.24, 2.45) is 0 Å². The molecule has 1 aromatic carbocycles. The number of para-hydroxylation sites is 1. The van der Waals surface area contributed by atoms with E-state index in [0.717, 1.165) is 30.3 Å². The predicted octanol–water partition coefficient (Wildman–Crippen LogP) is 2.46. The van der Waals surface area contributed by atoms with Gasteiger partial charge in [0.2, 0.25) is 5.95 Å². The molecule has 1 saturated heterocycles. The van der Waals surface area contributed by atoms with Crippen LogP contribution < -0.4 is 4.90 Å². The summed E-state index contributed by atoms with van der Waals surface area (Å²) in [6.45, 7) is 8.93. The minimum atomic E-state index is -0.362. The van der Waals surface area contributed by atoms with E-state index < -0.39 is 0 Å². The summed E-state index contributed by atoms with van der Waals surface area (Å²) in [7, 11) is 0. The van der Waals surface area contributed by atoms with Gasteiger partial charge in [0.25, 0.3) is 0 Å². The van der Waals surface area contributed by atoms with Gasteiger partial charge in [-0.15, -0.1) is 10.2 Å². The number of benzene rings is 1. The van der Waals surface area contributed by atoms with Gasteiger partial charge in [-0.1, -0.05) is 30.0 Å². The van der Waals surface area contributed by atoms with Crippen molar-refractivity contribution in [3.05, 3.63) is 29.8 Å². The third kappa shape index (κ3) is 4.02. The summed E-state index contributed by atoms with van der Waals surface area (Å²) in [5, 5.41) is 9.12. The van der Waals surface area contributed by atoms with Crippen LogP contribution in [0.25, 0.3) is 5.69 Å². The first kappa shape index (κ1) is 18.7. The largest absolute Gasteiger partial charge is 0.465 e. The van der Waals surface area contributed by atoms with E-state index in [1.807, 2.05) is 36.6 Å². The Labute approximate surface area is 157 Å². The van der Waals surface area contributed by atoms with Crippen LogP contribution in [0.5, 0.6) is 0 Å². The van der Waals surface area contributed by atoms with E-state index in [1.165, 1.54) is 11.8 Å². The minimum Gasteiger partial charge on any atom is -0.465 e. The molecule has 0 radical (unpaired) electrons. The molecule has 1 aliphatic heterocycles. The van der Waals surface area contributed by atoms with E-state index in [2.05, 4.69) is 28.1 Å². The molecule has 7 nitrogen and oxygen atoms in total. The van der Waals surface area contributed by atoms with Gasteiger partial charge in [-0.25, -0.2) is 0 Å². The molecule has 140 valence electrons. The van der Waals surface area contributed by atoms with Crippen molar-refractivity contribution >= 4 is 23.7 Å². The van der Waals surface area contributed by atoms with Gasteiger partial charge < -0.3 is 14.4 Å².